The molecule has 0 bridgehead atoms. The van der Waals surface area contributed by atoms with E-state index in [1.165, 1.54) is 38.5 Å². The average Bonchev–Trinajstić information content (AvgIpc) is 2.54. The minimum atomic E-state index is 0.399. The van der Waals surface area contributed by atoms with Crippen molar-refractivity contribution in [1.82, 2.24) is 0 Å². The highest BCUT2D eigenvalue weighted by atomic mass is 15.1. The first-order valence-corrected chi connectivity index (χ1v) is 8.51. The van der Waals surface area contributed by atoms with E-state index in [9.17, 15) is 0 Å². The molecule has 19 heavy (non-hydrogen) atoms. The van der Waals surface area contributed by atoms with Gasteiger partial charge in [0.05, 0.1) is 5.41 Å². The third-order valence-corrected chi connectivity index (χ3v) is 6.48. The Hall–Kier alpha value is -0.330. The fraction of sp³-hybridized carbons (Fsp3) is 0.944. The van der Waals surface area contributed by atoms with Gasteiger partial charge in [0.2, 0.25) is 0 Å². The van der Waals surface area contributed by atoms with E-state index in [1.807, 2.05) is 0 Å². The highest BCUT2D eigenvalue weighted by Crippen LogP contribution is 2.50. The van der Waals surface area contributed by atoms with Gasteiger partial charge in [-0.05, 0) is 38.5 Å². The molecule has 0 N–H and O–H groups in total. The molecule has 1 heteroatoms. The summed E-state index contributed by atoms with van der Waals surface area (Å²) in [6.07, 6.45) is 8.51. The van der Waals surface area contributed by atoms with Crippen molar-refractivity contribution < 1.29 is 4.58 Å². The smallest absolute Gasteiger partial charge is 0.156 e. The van der Waals surface area contributed by atoms with E-state index in [0.29, 0.717) is 5.41 Å². The van der Waals surface area contributed by atoms with Crippen molar-refractivity contribution in [2.24, 2.45) is 23.2 Å². The van der Waals surface area contributed by atoms with Gasteiger partial charge in [-0.25, -0.2) is 4.58 Å². The maximum atomic E-state index is 2.63. The maximum Gasteiger partial charge on any atom is 0.156 e. The van der Waals surface area contributed by atoms with Crippen LogP contribution < -0.4 is 0 Å². The molecule has 1 aliphatic heterocycles. The van der Waals surface area contributed by atoms with Gasteiger partial charge in [-0.2, -0.15) is 0 Å². The van der Waals surface area contributed by atoms with E-state index in [0.717, 1.165) is 23.8 Å². The lowest BCUT2D eigenvalue weighted by atomic mass is 9.64. The van der Waals surface area contributed by atoms with Gasteiger partial charge in [-0.15, -0.1) is 0 Å². The zero-order valence-corrected chi connectivity index (χ0v) is 14.0. The molecule has 1 fully saturated rings. The fourth-order valence-electron chi connectivity index (χ4n) is 5.27. The molecule has 1 aliphatic carbocycles. The number of rotatable bonds is 3. The van der Waals surface area contributed by atoms with E-state index in [1.54, 1.807) is 5.71 Å². The van der Waals surface area contributed by atoms with E-state index >= 15 is 0 Å². The van der Waals surface area contributed by atoms with Crippen LogP contribution in [0, 0.1) is 23.2 Å². The van der Waals surface area contributed by atoms with Crippen molar-refractivity contribution in [2.45, 2.75) is 79.2 Å². The van der Waals surface area contributed by atoms with Gasteiger partial charge in [-0.3, -0.25) is 0 Å². The van der Waals surface area contributed by atoms with Crippen LogP contribution in [0.25, 0.3) is 0 Å². The average molecular weight is 264 g/mol. The molecule has 2 aliphatic rings. The minimum absolute atomic E-state index is 0.399. The fourth-order valence-corrected chi connectivity index (χ4v) is 5.27. The molecule has 0 aromatic carbocycles. The van der Waals surface area contributed by atoms with Crippen LogP contribution in [0.2, 0.25) is 0 Å². The summed E-state index contributed by atoms with van der Waals surface area (Å²) in [4.78, 5) is 0. The molecule has 1 nitrogen and oxygen atoms in total. The Bertz CT molecular complexity index is 353. The SMILES string of the molecule is CCCC1CCCC2C(C1CC)C(C)(C)C(C)=[N+]2C. The number of fused-ring (bicyclic) bond motifs is 1. The summed E-state index contributed by atoms with van der Waals surface area (Å²) in [6.45, 7) is 12.2. The van der Waals surface area contributed by atoms with Crippen molar-refractivity contribution in [3.63, 3.8) is 0 Å². The summed E-state index contributed by atoms with van der Waals surface area (Å²) in [6, 6.07) is 0.807. The number of nitrogens with zero attached hydrogens (tertiary/aromatic N) is 1. The van der Waals surface area contributed by atoms with Crippen LogP contribution in [0.15, 0.2) is 0 Å². The van der Waals surface area contributed by atoms with Crippen molar-refractivity contribution in [3.8, 4) is 0 Å². The second-order valence-corrected chi connectivity index (χ2v) is 7.56. The monoisotopic (exact) mass is 264 g/mol. The topological polar surface area (TPSA) is 3.01 Å². The van der Waals surface area contributed by atoms with Crippen LogP contribution in [0.5, 0.6) is 0 Å². The Morgan fingerprint density at radius 1 is 1.21 bits per heavy atom. The highest BCUT2D eigenvalue weighted by molar-refractivity contribution is 5.84. The molecule has 0 amide bonds. The Labute approximate surface area is 120 Å². The normalized spacial score (nSPS) is 38.2. The van der Waals surface area contributed by atoms with E-state index in [4.69, 9.17) is 0 Å². The lowest BCUT2D eigenvalue weighted by Gasteiger charge is -2.36. The van der Waals surface area contributed by atoms with Crippen molar-refractivity contribution in [3.05, 3.63) is 0 Å². The molecular formula is C18H34N+. The molecule has 0 aromatic rings. The van der Waals surface area contributed by atoms with E-state index in [2.05, 4.69) is 46.2 Å². The Balaban J connectivity index is 2.35. The molecule has 1 saturated carbocycles. The predicted molar refractivity (Wildman–Crippen MR) is 84.0 cm³/mol. The predicted octanol–water partition coefficient (Wildman–Crippen LogP) is 4.74. The van der Waals surface area contributed by atoms with Gasteiger partial charge < -0.3 is 0 Å². The van der Waals surface area contributed by atoms with Crippen LogP contribution in [0.1, 0.15) is 73.1 Å². The molecule has 4 atom stereocenters. The van der Waals surface area contributed by atoms with Crippen molar-refractivity contribution in [2.75, 3.05) is 7.05 Å². The molecule has 1 heterocycles. The van der Waals surface area contributed by atoms with Crippen LogP contribution >= 0.6 is 0 Å². The zero-order chi connectivity index (χ0) is 14.2. The molecule has 0 radical (unpaired) electrons. The van der Waals surface area contributed by atoms with Crippen LogP contribution in [-0.4, -0.2) is 23.4 Å². The minimum Gasteiger partial charge on any atom is -0.236 e. The van der Waals surface area contributed by atoms with Gasteiger partial charge in [0.25, 0.3) is 0 Å². The quantitative estimate of drug-likeness (QED) is 0.648. The number of hydrogen-bond acceptors (Lipinski definition) is 0. The third-order valence-electron chi connectivity index (χ3n) is 6.48. The summed E-state index contributed by atoms with van der Waals surface area (Å²) in [5.74, 6) is 2.78. The van der Waals surface area contributed by atoms with Gasteiger partial charge in [0.15, 0.2) is 11.8 Å². The molecular weight excluding hydrogens is 230 g/mol. The first-order chi connectivity index (χ1) is 8.95. The van der Waals surface area contributed by atoms with Crippen molar-refractivity contribution in [1.29, 1.82) is 0 Å². The van der Waals surface area contributed by atoms with E-state index < -0.39 is 0 Å². The summed E-state index contributed by atoms with van der Waals surface area (Å²) in [5, 5.41) is 0. The highest BCUT2D eigenvalue weighted by Gasteiger charge is 2.56. The van der Waals surface area contributed by atoms with Gasteiger partial charge in [0.1, 0.15) is 7.05 Å². The molecule has 0 saturated heterocycles. The summed E-state index contributed by atoms with van der Waals surface area (Å²) >= 11 is 0. The van der Waals surface area contributed by atoms with Crippen molar-refractivity contribution >= 4 is 5.71 Å². The van der Waals surface area contributed by atoms with Crippen LogP contribution in [0.3, 0.4) is 0 Å². The molecule has 0 aromatic heterocycles. The Morgan fingerprint density at radius 2 is 1.89 bits per heavy atom. The molecule has 4 unspecified atom stereocenters. The molecule has 110 valence electrons. The lowest BCUT2D eigenvalue weighted by Crippen LogP contribution is -2.39. The second-order valence-electron chi connectivity index (χ2n) is 7.56. The second kappa shape index (κ2) is 5.58. The van der Waals surface area contributed by atoms with Gasteiger partial charge in [0, 0.05) is 19.3 Å². The van der Waals surface area contributed by atoms with Crippen LogP contribution in [0.4, 0.5) is 0 Å². The summed E-state index contributed by atoms with van der Waals surface area (Å²) in [7, 11) is 2.34. The maximum absolute atomic E-state index is 2.63. The van der Waals surface area contributed by atoms with Crippen LogP contribution in [-0.2, 0) is 0 Å². The van der Waals surface area contributed by atoms with Gasteiger partial charge >= 0.3 is 0 Å². The first-order valence-electron chi connectivity index (χ1n) is 8.51. The largest absolute Gasteiger partial charge is 0.236 e. The molecule has 0 spiro atoms. The standard InChI is InChI=1S/C18H34N/c1-7-10-14-11-9-12-16-17(15(14)8-2)18(4,5)13(3)19(16)6/h14-17H,7-12H2,1-6H3/q+1. The first kappa shape index (κ1) is 15.1. The van der Waals surface area contributed by atoms with E-state index in [-0.39, 0.29) is 0 Å². The molecule has 2 rings (SSSR count). The number of hydrogen-bond donors (Lipinski definition) is 0. The summed E-state index contributed by atoms with van der Waals surface area (Å²) in [5.41, 5.74) is 2.02. The lowest BCUT2D eigenvalue weighted by molar-refractivity contribution is -0.538. The summed E-state index contributed by atoms with van der Waals surface area (Å²) < 4.78 is 2.63. The van der Waals surface area contributed by atoms with Gasteiger partial charge in [-0.1, -0.05) is 33.1 Å². The Morgan fingerprint density at radius 3 is 2.47 bits per heavy atom. The Kier molecular flexibility index (Phi) is 4.42. The zero-order valence-electron chi connectivity index (χ0n) is 14.0. The third kappa shape index (κ3) is 2.38.